The lowest BCUT2D eigenvalue weighted by atomic mass is 10.1. The van der Waals surface area contributed by atoms with Crippen LogP contribution in [0.5, 0.6) is 0 Å². The first kappa shape index (κ1) is 14.4. The molecule has 0 aromatic heterocycles. The van der Waals surface area contributed by atoms with Crippen molar-refractivity contribution in [2.75, 3.05) is 26.3 Å². The topological polar surface area (TPSA) is 12.5 Å². The first-order chi connectivity index (χ1) is 4.61. The summed E-state index contributed by atoms with van der Waals surface area (Å²) in [6.45, 7) is 10.7. The standard InChI is InChI=1S/C8H17NO.2CH4/c1-8(2,3)9-4-6-10-7-5-9;;/h4-7H2,1-3H3;2*1H4. The molecule has 0 N–H and O–H groups in total. The summed E-state index contributed by atoms with van der Waals surface area (Å²) in [5, 5.41) is 0. The normalized spacial score (nSPS) is 19.2. The zero-order valence-corrected chi connectivity index (χ0v) is 7.18. The average molecular weight is 175 g/mol. The molecule has 1 aliphatic rings. The van der Waals surface area contributed by atoms with E-state index in [0.29, 0.717) is 5.54 Å². The fraction of sp³-hybridized carbons (Fsp3) is 1.00. The molecule has 0 aromatic carbocycles. The van der Waals surface area contributed by atoms with Gasteiger partial charge in [-0.3, -0.25) is 4.90 Å². The summed E-state index contributed by atoms with van der Waals surface area (Å²) in [5.41, 5.74) is 0.323. The van der Waals surface area contributed by atoms with Gasteiger partial charge in [0.1, 0.15) is 0 Å². The van der Waals surface area contributed by atoms with Crippen LogP contribution in [0.3, 0.4) is 0 Å². The summed E-state index contributed by atoms with van der Waals surface area (Å²) < 4.78 is 5.25. The molecule has 0 saturated carbocycles. The third-order valence-corrected chi connectivity index (χ3v) is 1.96. The second-order valence-electron chi connectivity index (χ2n) is 3.77. The van der Waals surface area contributed by atoms with Gasteiger partial charge in [0.05, 0.1) is 13.2 Å². The van der Waals surface area contributed by atoms with Gasteiger partial charge < -0.3 is 4.74 Å². The van der Waals surface area contributed by atoms with Crippen molar-refractivity contribution >= 4 is 0 Å². The molecule has 1 fully saturated rings. The molecule has 1 saturated heterocycles. The molecule has 12 heavy (non-hydrogen) atoms. The van der Waals surface area contributed by atoms with Crippen LogP contribution in [0.1, 0.15) is 35.6 Å². The Kier molecular flexibility index (Phi) is 6.68. The molecular formula is C10H25NO. The molecule has 2 heteroatoms. The molecular weight excluding hydrogens is 150 g/mol. The highest BCUT2D eigenvalue weighted by molar-refractivity contribution is 4.77. The van der Waals surface area contributed by atoms with Gasteiger partial charge >= 0.3 is 0 Å². The first-order valence-corrected chi connectivity index (χ1v) is 3.93. The van der Waals surface area contributed by atoms with E-state index in [2.05, 4.69) is 25.7 Å². The monoisotopic (exact) mass is 175 g/mol. The molecule has 0 amide bonds. The van der Waals surface area contributed by atoms with Crippen LogP contribution in [-0.2, 0) is 4.74 Å². The van der Waals surface area contributed by atoms with E-state index in [1.54, 1.807) is 0 Å². The van der Waals surface area contributed by atoms with E-state index in [0.717, 1.165) is 26.3 Å². The Morgan fingerprint density at radius 1 is 1.00 bits per heavy atom. The Morgan fingerprint density at radius 3 is 1.67 bits per heavy atom. The van der Waals surface area contributed by atoms with Gasteiger partial charge in [0, 0.05) is 18.6 Å². The molecule has 0 aromatic rings. The maximum absolute atomic E-state index is 5.25. The summed E-state index contributed by atoms with van der Waals surface area (Å²) in [6.07, 6.45) is 0. The molecule has 0 atom stereocenters. The third kappa shape index (κ3) is 4.07. The smallest absolute Gasteiger partial charge is 0.0594 e. The van der Waals surface area contributed by atoms with Crippen molar-refractivity contribution in [2.24, 2.45) is 0 Å². The fourth-order valence-corrected chi connectivity index (χ4v) is 1.23. The van der Waals surface area contributed by atoms with Crippen molar-refractivity contribution < 1.29 is 4.74 Å². The Balaban J connectivity index is 0. The highest BCUT2D eigenvalue weighted by Crippen LogP contribution is 2.13. The van der Waals surface area contributed by atoms with Crippen molar-refractivity contribution in [1.29, 1.82) is 0 Å². The number of ether oxygens (including phenoxy) is 1. The van der Waals surface area contributed by atoms with Gasteiger partial charge in [0.15, 0.2) is 0 Å². The molecule has 0 bridgehead atoms. The molecule has 1 heterocycles. The largest absolute Gasteiger partial charge is 0.379 e. The molecule has 0 radical (unpaired) electrons. The van der Waals surface area contributed by atoms with Crippen LogP contribution >= 0.6 is 0 Å². The summed E-state index contributed by atoms with van der Waals surface area (Å²) in [5.74, 6) is 0. The van der Waals surface area contributed by atoms with E-state index in [-0.39, 0.29) is 14.9 Å². The van der Waals surface area contributed by atoms with Crippen LogP contribution < -0.4 is 0 Å². The van der Waals surface area contributed by atoms with Crippen molar-refractivity contribution in [2.45, 2.75) is 41.2 Å². The number of morpholine rings is 1. The van der Waals surface area contributed by atoms with Crippen LogP contribution in [0.4, 0.5) is 0 Å². The van der Waals surface area contributed by atoms with Crippen LogP contribution in [0.25, 0.3) is 0 Å². The van der Waals surface area contributed by atoms with E-state index in [9.17, 15) is 0 Å². The Bertz CT molecular complexity index is 101. The maximum atomic E-state index is 5.25. The van der Waals surface area contributed by atoms with Crippen LogP contribution in [-0.4, -0.2) is 36.7 Å². The lowest BCUT2D eigenvalue weighted by Crippen LogP contribution is -2.47. The number of hydrogen-bond donors (Lipinski definition) is 0. The minimum absolute atomic E-state index is 0. The lowest BCUT2D eigenvalue weighted by Gasteiger charge is -2.38. The zero-order valence-electron chi connectivity index (χ0n) is 7.18. The van der Waals surface area contributed by atoms with Gasteiger partial charge in [0.25, 0.3) is 0 Å². The summed E-state index contributed by atoms with van der Waals surface area (Å²) in [6, 6.07) is 0. The molecule has 0 unspecified atom stereocenters. The molecule has 0 spiro atoms. The summed E-state index contributed by atoms with van der Waals surface area (Å²) in [4.78, 5) is 2.45. The summed E-state index contributed by atoms with van der Waals surface area (Å²) in [7, 11) is 0. The minimum atomic E-state index is 0. The molecule has 1 aliphatic heterocycles. The van der Waals surface area contributed by atoms with Crippen LogP contribution in [0, 0.1) is 0 Å². The molecule has 2 nitrogen and oxygen atoms in total. The quantitative estimate of drug-likeness (QED) is 0.560. The SMILES string of the molecule is C.C.CC(C)(C)N1CCOCC1. The van der Waals surface area contributed by atoms with Crippen molar-refractivity contribution in [3.63, 3.8) is 0 Å². The van der Waals surface area contributed by atoms with Crippen molar-refractivity contribution in [3.8, 4) is 0 Å². The maximum Gasteiger partial charge on any atom is 0.0594 e. The second kappa shape index (κ2) is 5.55. The van der Waals surface area contributed by atoms with E-state index in [1.807, 2.05) is 0 Å². The Labute approximate surface area is 77.9 Å². The first-order valence-electron chi connectivity index (χ1n) is 3.93. The average Bonchev–Trinajstić information content (AvgIpc) is 1.88. The van der Waals surface area contributed by atoms with Gasteiger partial charge in [0.2, 0.25) is 0 Å². The van der Waals surface area contributed by atoms with Gasteiger partial charge in [-0.2, -0.15) is 0 Å². The molecule has 0 aliphatic carbocycles. The molecule has 1 rings (SSSR count). The van der Waals surface area contributed by atoms with Gasteiger partial charge in [-0.25, -0.2) is 0 Å². The van der Waals surface area contributed by atoms with Crippen LogP contribution in [0.2, 0.25) is 0 Å². The van der Waals surface area contributed by atoms with Crippen LogP contribution in [0.15, 0.2) is 0 Å². The minimum Gasteiger partial charge on any atom is -0.379 e. The van der Waals surface area contributed by atoms with E-state index < -0.39 is 0 Å². The van der Waals surface area contributed by atoms with Gasteiger partial charge in [-0.15, -0.1) is 0 Å². The van der Waals surface area contributed by atoms with E-state index in [1.165, 1.54) is 0 Å². The van der Waals surface area contributed by atoms with Gasteiger partial charge in [-0.1, -0.05) is 14.9 Å². The van der Waals surface area contributed by atoms with Crippen molar-refractivity contribution in [1.82, 2.24) is 4.90 Å². The molecule has 76 valence electrons. The predicted molar refractivity (Wildman–Crippen MR) is 55.6 cm³/mol. The fourth-order valence-electron chi connectivity index (χ4n) is 1.23. The third-order valence-electron chi connectivity index (χ3n) is 1.96. The van der Waals surface area contributed by atoms with E-state index in [4.69, 9.17) is 4.74 Å². The number of nitrogens with zero attached hydrogens (tertiary/aromatic N) is 1. The zero-order chi connectivity index (χ0) is 7.61. The highest BCUT2D eigenvalue weighted by Gasteiger charge is 2.22. The highest BCUT2D eigenvalue weighted by atomic mass is 16.5. The number of rotatable bonds is 0. The Hall–Kier alpha value is -0.0800. The second-order valence-corrected chi connectivity index (χ2v) is 3.77. The lowest BCUT2D eigenvalue weighted by molar-refractivity contribution is -0.00389. The van der Waals surface area contributed by atoms with Crippen molar-refractivity contribution in [3.05, 3.63) is 0 Å². The van der Waals surface area contributed by atoms with Gasteiger partial charge in [-0.05, 0) is 20.8 Å². The van der Waals surface area contributed by atoms with E-state index >= 15 is 0 Å². The summed E-state index contributed by atoms with van der Waals surface area (Å²) >= 11 is 0. The number of hydrogen-bond acceptors (Lipinski definition) is 2. The Morgan fingerprint density at radius 2 is 1.42 bits per heavy atom. The predicted octanol–water partition coefficient (Wildman–Crippen LogP) is 2.39.